The van der Waals surface area contributed by atoms with Gasteiger partial charge in [0.05, 0.1) is 0 Å². The lowest BCUT2D eigenvalue weighted by molar-refractivity contribution is -0.583. The molecule has 5 nitrogen and oxygen atoms in total. The van der Waals surface area contributed by atoms with E-state index in [4.69, 9.17) is 5.84 Å². The highest BCUT2D eigenvalue weighted by molar-refractivity contribution is 5.62. The molecule has 96 valence electrons. The molecule has 0 bridgehead atoms. The quantitative estimate of drug-likeness (QED) is 0.394. The normalized spacial score (nSPS) is 16.4. The molecule has 0 atom stereocenters. The smallest absolute Gasteiger partial charge is 0.172 e. The van der Waals surface area contributed by atoms with Gasteiger partial charge in [-0.15, -0.1) is 0 Å². The molecule has 0 saturated carbocycles. The molecule has 0 aliphatic carbocycles. The first-order chi connectivity index (χ1) is 8.31. The van der Waals surface area contributed by atoms with Crippen molar-refractivity contribution < 1.29 is 10.6 Å². The fourth-order valence-electron chi connectivity index (χ4n) is 1.85. The van der Waals surface area contributed by atoms with Crippen molar-refractivity contribution in [3.63, 3.8) is 0 Å². The summed E-state index contributed by atoms with van der Waals surface area (Å²) in [5.41, 5.74) is 3.82. The minimum Gasteiger partial charge on any atom is -0.364 e. The van der Waals surface area contributed by atoms with Crippen LogP contribution in [0.5, 0.6) is 0 Å². The number of nitrogens with two attached hydrogens (primary N) is 2. The monoisotopic (exact) mass is 239 g/mol. The zero-order chi connectivity index (χ0) is 12.7. The maximum Gasteiger partial charge on any atom is 0.172 e. The zero-order valence-electron chi connectivity index (χ0n) is 10.6. The molecule has 0 aromatic heterocycles. The van der Waals surface area contributed by atoms with Gasteiger partial charge in [-0.25, -0.2) is 5.43 Å². The van der Waals surface area contributed by atoms with E-state index >= 15 is 0 Å². The molecular formula is C12H23N4O+. The third kappa shape index (κ3) is 3.67. The Morgan fingerprint density at radius 3 is 2.29 bits per heavy atom. The summed E-state index contributed by atoms with van der Waals surface area (Å²) in [5, 5.41) is 10.6. The topological polar surface area (TPSA) is 69.3 Å². The number of rotatable bonds is 2. The Balaban J connectivity index is 0.000000686. The highest BCUT2D eigenvalue weighted by Crippen LogP contribution is 2.22. The van der Waals surface area contributed by atoms with Crippen molar-refractivity contribution in [2.45, 2.75) is 13.8 Å². The van der Waals surface area contributed by atoms with Crippen LogP contribution in [-0.2, 0) is 0 Å². The van der Waals surface area contributed by atoms with Crippen molar-refractivity contribution in [1.82, 2.24) is 5.06 Å². The lowest BCUT2D eigenvalue weighted by atomic mass is 10.2. The predicted molar refractivity (Wildman–Crippen MR) is 69.1 cm³/mol. The predicted octanol–water partition coefficient (Wildman–Crippen LogP) is 0.293. The largest absolute Gasteiger partial charge is 0.364 e. The Hall–Kier alpha value is -1.14. The molecule has 0 unspecified atom stereocenters. The van der Waals surface area contributed by atoms with Crippen LogP contribution in [0.4, 0.5) is 11.4 Å². The number of quaternary nitrogens is 1. The van der Waals surface area contributed by atoms with Gasteiger partial charge in [-0.1, -0.05) is 26.0 Å². The summed E-state index contributed by atoms with van der Waals surface area (Å²) >= 11 is 0. The van der Waals surface area contributed by atoms with E-state index in [1.54, 1.807) is 5.43 Å². The summed E-state index contributed by atoms with van der Waals surface area (Å²) in [6, 6.07) is 8.05. The first-order valence-corrected chi connectivity index (χ1v) is 6.14. The van der Waals surface area contributed by atoms with Gasteiger partial charge in [-0.3, -0.25) is 0 Å². The van der Waals surface area contributed by atoms with E-state index in [0.29, 0.717) is 13.1 Å². The summed E-state index contributed by atoms with van der Waals surface area (Å²) in [6.07, 6.45) is 0. The van der Waals surface area contributed by atoms with Gasteiger partial charge in [0.1, 0.15) is 5.69 Å². The molecule has 1 aromatic carbocycles. The number of hydrogen-bond acceptors (Lipinski definition) is 4. The molecule has 1 saturated heterocycles. The summed E-state index contributed by atoms with van der Waals surface area (Å²) < 4.78 is 0. The summed E-state index contributed by atoms with van der Waals surface area (Å²) in [4.78, 5) is 2.24. The van der Waals surface area contributed by atoms with Crippen molar-refractivity contribution >= 4 is 11.4 Å². The van der Waals surface area contributed by atoms with Gasteiger partial charge in [0.2, 0.25) is 0 Å². The first kappa shape index (κ1) is 13.9. The summed E-state index contributed by atoms with van der Waals surface area (Å²) in [6.45, 7) is 7.03. The Morgan fingerprint density at radius 1 is 1.12 bits per heavy atom. The maximum absolute atomic E-state index is 9.27. The zero-order valence-corrected chi connectivity index (χ0v) is 10.6. The van der Waals surface area contributed by atoms with Crippen molar-refractivity contribution in [2.75, 3.05) is 31.1 Å². The van der Waals surface area contributed by atoms with Crippen molar-refractivity contribution in [2.24, 2.45) is 5.84 Å². The molecule has 1 aliphatic heterocycles. The summed E-state index contributed by atoms with van der Waals surface area (Å²) in [7, 11) is 0. The fraction of sp³-hybridized carbons (Fsp3) is 0.500. The van der Waals surface area contributed by atoms with E-state index < -0.39 is 0 Å². The molecular weight excluding hydrogens is 216 g/mol. The van der Waals surface area contributed by atoms with E-state index in [2.05, 4.69) is 11.0 Å². The molecule has 0 amide bonds. The number of para-hydroxylation sites is 1. The Labute approximate surface area is 103 Å². The average Bonchev–Trinajstić information content (AvgIpc) is 2.42. The highest BCUT2D eigenvalue weighted by atomic mass is 16.5. The highest BCUT2D eigenvalue weighted by Gasteiger charge is 2.18. The minimum atomic E-state index is 0.679. The molecule has 1 fully saturated rings. The maximum atomic E-state index is 9.27. The third-order valence-electron chi connectivity index (χ3n) is 2.71. The van der Waals surface area contributed by atoms with Crippen LogP contribution in [-0.4, -0.2) is 36.4 Å². The molecule has 0 radical (unpaired) electrons. The molecule has 1 aliphatic rings. The first-order valence-electron chi connectivity index (χ1n) is 6.14. The number of nitrogens with zero attached hydrogens (tertiary/aromatic N) is 2. The van der Waals surface area contributed by atoms with Crippen molar-refractivity contribution in [3.8, 4) is 0 Å². The van der Waals surface area contributed by atoms with Crippen LogP contribution in [0, 0.1) is 0 Å². The summed E-state index contributed by atoms with van der Waals surface area (Å²) in [5.74, 6) is 5.57. The molecule has 2 rings (SSSR count). The fourth-order valence-corrected chi connectivity index (χ4v) is 1.85. The number of hydroxylamine groups is 2. The molecule has 1 aromatic rings. The van der Waals surface area contributed by atoms with Gasteiger partial charge in [-0.2, -0.15) is 10.9 Å². The minimum absolute atomic E-state index is 0.679. The molecule has 17 heavy (non-hydrogen) atoms. The number of piperazine rings is 1. The number of benzene rings is 1. The third-order valence-corrected chi connectivity index (χ3v) is 2.71. The second-order valence-corrected chi connectivity index (χ2v) is 3.67. The van der Waals surface area contributed by atoms with Crippen LogP contribution in [0.2, 0.25) is 0 Å². The van der Waals surface area contributed by atoms with Crippen LogP contribution in [0.3, 0.4) is 0 Å². The molecule has 0 spiro atoms. The SMILES string of the molecule is CC.N[NH2+]c1ccccc1N1CCN(O)CC1. The van der Waals surface area contributed by atoms with Gasteiger partial charge in [0, 0.05) is 32.2 Å². The Kier molecular flexibility index (Phi) is 5.93. The van der Waals surface area contributed by atoms with Crippen LogP contribution in [0.15, 0.2) is 24.3 Å². The van der Waals surface area contributed by atoms with Gasteiger partial charge < -0.3 is 10.1 Å². The molecule has 5 N–H and O–H groups in total. The van der Waals surface area contributed by atoms with Crippen LogP contribution in [0.1, 0.15) is 13.8 Å². The lowest BCUT2D eigenvalue weighted by Gasteiger charge is -2.32. The van der Waals surface area contributed by atoms with Crippen LogP contribution < -0.4 is 16.2 Å². The molecule has 1 heterocycles. The van der Waals surface area contributed by atoms with Gasteiger partial charge in [-0.05, 0) is 6.07 Å². The van der Waals surface area contributed by atoms with Gasteiger partial charge in [0.25, 0.3) is 0 Å². The van der Waals surface area contributed by atoms with Gasteiger partial charge >= 0.3 is 0 Å². The lowest BCUT2D eigenvalue weighted by Crippen LogP contribution is -2.85. The second-order valence-electron chi connectivity index (χ2n) is 3.67. The van der Waals surface area contributed by atoms with Crippen LogP contribution >= 0.6 is 0 Å². The Morgan fingerprint density at radius 2 is 1.71 bits per heavy atom. The Bertz CT molecular complexity index is 324. The average molecular weight is 239 g/mol. The number of hydrogen-bond donors (Lipinski definition) is 3. The second kappa shape index (κ2) is 7.24. The van der Waals surface area contributed by atoms with E-state index in [1.807, 2.05) is 32.0 Å². The van der Waals surface area contributed by atoms with Crippen molar-refractivity contribution in [3.05, 3.63) is 24.3 Å². The van der Waals surface area contributed by atoms with Crippen molar-refractivity contribution in [1.29, 1.82) is 0 Å². The number of anilines is 1. The van der Waals surface area contributed by atoms with E-state index in [-0.39, 0.29) is 0 Å². The van der Waals surface area contributed by atoms with Gasteiger partial charge in [0.15, 0.2) is 5.69 Å². The van der Waals surface area contributed by atoms with Crippen LogP contribution in [0.25, 0.3) is 0 Å². The van der Waals surface area contributed by atoms with E-state index in [0.717, 1.165) is 24.5 Å². The van der Waals surface area contributed by atoms with E-state index in [9.17, 15) is 5.21 Å². The standard InChI is InChI=1S/C10H16N4O.C2H6/c11-12-9-3-1-2-4-10(9)13-5-7-14(15)8-6-13;1-2/h1-4,12,15H,5-8,11H2;1-2H3/p+1. The molecule has 5 heteroatoms. The van der Waals surface area contributed by atoms with E-state index in [1.165, 1.54) is 5.06 Å².